The van der Waals surface area contributed by atoms with Crippen LogP contribution >= 0.6 is 11.6 Å². The number of carbonyl (C=O) groups is 1. The Kier molecular flexibility index (Phi) is 2.82. The van der Waals surface area contributed by atoms with Crippen LogP contribution in [0.15, 0.2) is 24.3 Å². The third kappa shape index (κ3) is 2.63. The molecular weight excluding hydrogens is 214 g/mol. The summed E-state index contributed by atoms with van der Waals surface area (Å²) in [5, 5.41) is 12.7. The van der Waals surface area contributed by atoms with Gasteiger partial charge in [0.05, 0.1) is 0 Å². The molecule has 0 aromatic heterocycles. The summed E-state index contributed by atoms with van der Waals surface area (Å²) in [7, 11) is 0. The van der Waals surface area contributed by atoms with Gasteiger partial charge in [0.15, 0.2) is 0 Å². The summed E-state index contributed by atoms with van der Waals surface area (Å²) in [6, 6.07) is 6.61. The summed E-state index contributed by atoms with van der Waals surface area (Å²) in [5.41, 5.74) is 0.804. The van der Waals surface area contributed by atoms with Crippen LogP contribution < -0.4 is 5.32 Å². The molecule has 1 fully saturated rings. The van der Waals surface area contributed by atoms with Crippen LogP contribution in [0.25, 0.3) is 0 Å². The van der Waals surface area contributed by atoms with E-state index >= 15 is 0 Å². The highest BCUT2D eigenvalue weighted by atomic mass is 35.5. The van der Waals surface area contributed by atoms with E-state index in [1.54, 1.807) is 24.3 Å². The third-order valence-electron chi connectivity index (χ3n) is 2.53. The summed E-state index contributed by atoms with van der Waals surface area (Å²) >= 11 is 5.74. The first-order valence-corrected chi connectivity index (χ1v) is 5.29. The zero-order chi connectivity index (χ0) is 10.8. The maximum atomic E-state index is 11.0. The minimum absolute atomic E-state index is 0.276. The van der Waals surface area contributed by atoms with E-state index < -0.39 is 12.0 Å². The Morgan fingerprint density at radius 1 is 1.40 bits per heavy atom. The number of hydrogen-bond donors (Lipinski definition) is 2. The number of aliphatic carboxylic acids is 1. The lowest BCUT2D eigenvalue weighted by Gasteiger charge is -2.14. The molecule has 1 aromatic rings. The van der Waals surface area contributed by atoms with Crippen LogP contribution in [0.3, 0.4) is 0 Å². The molecule has 3 nitrogen and oxygen atoms in total. The first-order chi connectivity index (χ1) is 7.16. The van der Waals surface area contributed by atoms with Gasteiger partial charge in [0, 0.05) is 10.7 Å². The molecule has 1 aliphatic rings. The number of anilines is 1. The van der Waals surface area contributed by atoms with Gasteiger partial charge in [0.1, 0.15) is 6.04 Å². The largest absolute Gasteiger partial charge is 0.480 e. The van der Waals surface area contributed by atoms with Crippen LogP contribution in [-0.2, 0) is 4.79 Å². The number of hydrogen-bond acceptors (Lipinski definition) is 2. The molecule has 2 rings (SSSR count). The fourth-order valence-corrected chi connectivity index (χ4v) is 1.66. The molecule has 0 aliphatic heterocycles. The number of benzene rings is 1. The number of halogens is 1. The molecule has 0 amide bonds. The highest BCUT2D eigenvalue weighted by molar-refractivity contribution is 6.30. The van der Waals surface area contributed by atoms with Crippen molar-refractivity contribution in [1.29, 1.82) is 0 Å². The lowest BCUT2D eigenvalue weighted by Crippen LogP contribution is -2.31. The van der Waals surface area contributed by atoms with E-state index in [1.807, 2.05) is 0 Å². The predicted molar refractivity (Wildman–Crippen MR) is 59.2 cm³/mol. The molecule has 80 valence electrons. The molecule has 0 spiro atoms. The van der Waals surface area contributed by atoms with Crippen molar-refractivity contribution < 1.29 is 9.90 Å². The van der Waals surface area contributed by atoms with Gasteiger partial charge in [-0.15, -0.1) is 0 Å². The van der Waals surface area contributed by atoms with Crippen molar-refractivity contribution in [2.24, 2.45) is 5.92 Å². The van der Waals surface area contributed by atoms with Crippen LogP contribution in [0.5, 0.6) is 0 Å². The lowest BCUT2D eigenvalue weighted by atomic mass is 10.1. The molecule has 2 N–H and O–H groups in total. The quantitative estimate of drug-likeness (QED) is 0.828. The van der Waals surface area contributed by atoms with Crippen LogP contribution in [-0.4, -0.2) is 17.1 Å². The maximum absolute atomic E-state index is 11.0. The lowest BCUT2D eigenvalue weighted by molar-refractivity contribution is -0.138. The van der Waals surface area contributed by atoms with Crippen molar-refractivity contribution in [1.82, 2.24) is 0 Å². The van der Waals surface area contributed by atoms with Crippen molar-refractivity contribution in [2.45, 2.75) is 18.9 Å². The summed E-state index contributed by atoms with van der Waals surface area (Å²) in [6.45, 7) is 0. The molecule has 1 atom stereocenters. The van der Waals surface area contributed by atoms with Crippen molar-refractivity contribution in [2.75, 3.05) is 5.32 Å². The fraction of sp³-hybridized carbons (Fsp3) is 0.364. The van der Waals surface area contributed by atoms with Crippen molar-refractivity contribution in [3.8, 4) is 0 Å². The molecule has 0 bridgehead atoms. The second-order valence-electron chi connectivity index (χ2n) is 3.80. The number of nitrogens with one attached hydrogen (secondary N) is 1. The Morgan fingerprint density at radius 3 is 2.47 bits per heavy atom. The van der Waals surface area contributed by atoms with E-state index in [0.29, 0.717) is 5.02 Å². The molecule has 0 saturated heterocycles. The molecule has 1 unspecified atom stereocenters. The molecule has 1 aliphatic carbocycles. The molecule has 1 aromatic carbocycles. The molecule has 4 heteroatoms. The van der Waals surface area contributed by atoms with Crippen LogP contribution in [0.1, 0.15) is 12.8 Å². The standard InChI is InChI=1S/C11H12ClNO2/c12-8-3-5-9(6-4-8)13-10(11(14)15)7-1-2-7/h3-7,10,13H,1-2H2,(H,14,15). The van der Waals surface area contributed by atoms with E-state index in [2.05, 4.69) is 5.32 Å². The van der Waals surface area contributed by atoms with Gasteiger partial charge >= 0.3 is 5.97 Å². The molecule has 15 heavy (non-hydrogen) atoms. The first-order valence-electron chi connectivity index (χ1n) is 4.92. The van der Waals surface area contributed by atoms with E-state index in [4.69, 9.17) is 16.7 Å². The highest BCUT2D eigenvalue weighted by Crippen LogP contribution is 2.34. The normalized spacial score (nSPS) is 17.1. The Morgan fingerprint density at radius 2 is 2.00 bits per heavy atom. The second kappa shape index (κ2) is 4.11. The van der Waals surface area contributed by atoms with Gasteiger partial charge in [-0.3, -0.25) is 0 Å². The van der Waals surface area contributed by atoms with Crippen molar-refractivity contribution in [3.63, 3.8) is 0 Å². The van der Waals surface area contributed by atoms with Gasteiger partial charge in [0.2, 0.25) is 0 Å². The Hall–Kier alpha value is -1.22. The topological polar surface area (TPSA) is 49.3 Å². The van der Waals surface area contributed by atoms with Gasteiger partial charge in [-0.1, -0.05) is 11.6 Å². The molecule has 0 radical (unpaired) electrons. The van der Waals surface area contributed by atoms with Gasteiger partial charge in [-0.25, -0.2) is 4.79 Å². The monoisotopic (exact) mass is 225 g/mol. The van der Waals surface area contributed by atoms with Crippen LogP contribution in [0, 0.1) is 5.92 Å². The van der Waals surface area contributed by atoms with Crippen molar-refractivity contribution in [3.05, 3.63) is 29.3 Å². The summed E-state index contributed by atoms with van der Waals surface area (Å²) in [4.78, 5) is 11.0. The average molecular weight is 226 g/mol. The van der Waals surface area contributed by atoms with Crippen LogP contribution in [0.2, 0.25) is 5.02 Å². The number of carboxylic acids is 1. The maximum Gasteiger partial charge on any atom is 0.326 e. The molecule has 1 saturated carbocycles. The zero-order valence-corrected chi connectivity index (χ0v) is 8.87. The SMILES string of the molecule is O=C(O)C(Nc1ccc(Cl)cc1)C1CC1. The minimum Gasteiger partial charge on any atom is -0.480 e. The van der Waals surface area contributed by atoms with Crippen LogP contribution in [0.4, 0.5) is 5.69 Å². The van der Waals surface area contributed by atoms with E-state index in [1.165, 1.54) is 0 Å². The van der Waals surface area contributed by atoms with Gasteiger partial charge in [-0.2, -0.15) is 0 Å². The van der Waals surface area contributed by atoms with E-state index in [-0.39, 0.29) is 5.92 Å². The Labute approximate surface area is 93.1 Å². The van der Waals surface area contributed by atoms with Gasteiger partial charge in [-0.05, 0) is 43.0 Å². The average Bonchev–Trinajstić information content (AvgIpc) is 3.00. The smallest absolute Gasteiger partial charge is 0.326 e. The van der Waals surface area contributed by atoms with E-state index in [9.17, 15) is 4.79 Å². The van der Waals surface area contributed by atoms with Gasteiger partial charge in [0.25, 0.3) is 0 Å². The number of rotatable bonds is 4. The highest BCUT2D eigenvalue weighted by Gasteiger charge is 2.36. The zero-order valence-electron chi connectivity index (χ0n) is 8.11. The summed E-state index contributed by atoms with van der Waals surface area (Å²) in [6.07, 6.45) is 2.00. The third-order valence-corrected chi connectivity index (χ3v) is 2.78. The fourth-order valence-electron chi connectivity index (χ4n) is 1.54. The predicted octanol–water partition coefficient (Wildman–Crippen LogP) is 2.62. The summed E-state index contributed by atoms with van der Waals surface area (Å²) < 4.78 is 0. The number of carboxylic acid groups (broad SMARTS) is 1. The molecular formula is C11H12ClNO2. The second-order valence-corrected chi connectivity index (χ2v) is 4.24. The minimum atomic E-state index is -0.785. The van der Waals surface area contributed by atoms with E-state index in [0.717, 1.165) is 18.5 Å². The first kappa shape index (κ1) is 10.3. The Bertz CT molecular complexity index is 359. The van der Waals surface area contributed by atoms with Crippen molar-refractivity contribution >= 4 is 23.3 Å². The summed E-state index contributed by atoms with van der Waals surface area (Å²) in [5.74, 6) is -0.509. The molecule has 0 heterocycles. The van der Waals surface area contributed by atoms with Gasteiger partial charge < -0.3 is 10.4 Å². The Balaban J connectivity index is 2.05.